The van der Waals surface area contributed by atoms with Crippen LogP contribution >= 0.6 is 11.3 Å². The van der Waals surface area contributed by atoms with Gasteiger partial charge < -0.3 is 4.74 Å². The Hall–Kier alpha value is -1.88. The zero-order chi connectivity index (χ0) is 20.6. The molecule has 0 aliphatic rings. The number of nitrogens with zero attached hydrogens (tertiary/aromatic N) is 2. The summed E-state index contributed by atoms with van der Waals surface area (Å²) in [5, 5.41) is 12.1. The maximum Gasteiger partial charge on any atom is 0.257 e. The Morgan fingerprint density at radius 1 is 1.25 bits per heavy atom. The predicted molar refractivity (Wildman–Crippen MR) is 109 cm³/mol. The van der Waals surface area contributed by atoms with Gasteiger partial charge in [-0.3, -0.25) is 10.1 Å². The number of nitrogens with one attached hydrogen (secondary N) is 2. The molecule has 0 radical (unpaired) electrons. The number of aromatic nitrogens is 2. The Morgan fingerprint density at radius 3 is 2.75 bits per heavy atom. The zero-order valence-corrected chi connectivity index (χ0v) is 18.0. The molecule has 8 nitrogen and oxygen atoms in total. The normalized spacial score (nSPS) is 11.5. The van der Waals surface area contributed by atoms with Crippen LogP contribution in [0.1, 0.15) is 47.1 Å². The van der Waals surface area contributed by atoms with Crippen LogP contribution in [0.25, 0.3) is 0 Å². The number of aryl methyl sites for hydroxylation is 2. The summed E-state index contributed by atoms with van der Waals surface area (Å²) in [5.41, 5.74) is 0.943. The van der Waals surface area contributed by atoms with Crippen molar-refractivity contribution in [3.63, 3.8) is 0 Å². The summed E-state index contributed by atoms with van der Waals surface area (Å²) in [4.78, 5) is 12.7. The first kappa shape index (κ1) is 22.4. The van der Waals surface area contributed by atoms with E-state index in [1.807, 2.05) is 0 Å². The summed E-state index contributed by atoms with van der Waals surface area (Å²) in [7, 11) is -2.23. The molecule has 10 heteroatoms. The van der Waals surface area contributed by atoms with Crippen molar-refractivity contribution in [2.24, 2.45) is 0 Å². The van der Waals surface area contributed by atoms with Crippen LogP contribution in [0.15, 0.2) is 23.1 Å². The lowest BCUT2D eigenvalue weighted by Gasteiger charge is -2.10. The third-order valence-corrected chi connectivity index (χ3v) is 6.40. The Labute approximate surface area is 169 Å². The lowest BCUT2D eigenvalue weighted by atomic mass is 10.1. The van der Waals surface area contributed by atoms with Gasteiger partial charge in [0.1, 0.15) is 5.01 Å². The molecule has 0 aliphatic heterocycles. The fourth-order valence-corrected chi connectivity index (χ4v) is 4.29. The molecule has 1 aromatic heterocycles. The van der Waals surface area contributed by atoms with Crippen molar-refractivity contribution in [2.45, 2.75) is 44.4 Å². The molecule has 0 saturated heterocycles. The quantitative estimate of drug-likeness (QED) is 0.535. The van der Waals surface area contributed by atoms with E-state index in [0.717, 1.165) is 30.7 Å². The third-order valence-electron chi connectivity index (χ3n) is 4.04. The van der Waals surface area contributed by atoms with E-state index in [0.29, 0.717) is 10.7 Å². The first-order valence-electron chi connectivity index (χ1n) is 9.10. The smallest absolute Gasteiger partial charge is 0.257 e. The third kappa shape index (κ3) is 6.33. The Kier molecular flexibility index (Phi) is 8.49. The number of amides is 1. The van der Waals surface area contributed by atoms with E-state index in [1.165, 1.54) is 30.6 Å². The van der Waals surface area contributed by atoms with E-state index in [-0.39, 0.29) is 23.6 Å². The minimum absolute atomic E-state index is 0.0249. The molecular weight excluding hydrogens is 400 g/mol. The molecule has 2 aromatic rings. The van der Waals surface area contributed by atoms with Crippen LogP contribution in [-0.2, 0) is 21.2 Å². The monoisotopic (exact) mass is 426 g/mol. The average Bonchev–Trinajstić information content (AvgIpc) is 3.09. The van der Waals surface area contributed by atoms with Gasteiger partial charge in [-0.2, -0.15) is 0 Å². The maximum absolute atomic E-state index is 12.6. The SMILES string of the molecule is CCCCCc1nnc(NC(=O)c2cc(S(=O)(=O)NCCOC)ccc2C)s1. The minimum atomic E-state index is -3.72. The highest BCUT2D eigenvalue weighted by molar-refractivity contribution is 7.89. The number of hydrogen-bond donors (Lipinski definition) is 2. The predicted octanol–water partition coefficient (Wildman–Crippen LogP) is 2.76. The molecule has 0 unspecified atom stereocenters. The second kappa shape index (κ2) is 10.6. The van der Waals surface area contributed by atoms with E-state index in [1.54, 1.807) is 13.0 Å². The number of carbonyl (C=O) groups is 1. The molecule has 0 spiro atoms. The first-order valence-corrected chi connectivity index (χ1v) is 11.4. The number of carbonyl (C=O) groups excluding carboxylic acids is 1. The Morgan fingerprint density at radius 2 is 2.04 bits per heavy atom. The fraction of sp³-hybridized carbons (Fsp3) is 0.500. The van der Waals surface area contributed by atoms with E-state index in [2.05, 4.69) is 27.2 Å². The summed E-state index contributed by atoms with van der Waals surface area (Å²) >= 11 is 1.34. The van der Waals surface area contributed by atoms with Gasteiger partial charge in [0.2, 0.25) is 15.2 Å². The molecule has 0 atom stereocenters. The van der Waals surface area contributed by atoms with Crippen LogP contribution in [0.3, 0.4) is 0 Å². The topological polar surface area (TPSA) is 110 Å². The minimum Gasteiger partial charge on any atom is -0.383 e. The molecule has 0 saturated carbocycles. The number of benzene rings is 1. The van der Waals surface area contributed by atoms with Crippen molar-refractivity contribution in [2.75, 3.05) is 25.6 Å². The van der Waals surface area contributed by atoms with Gasteiger partial charge in [0.25, 0.3) is 5.91 Å². The molecular formula is C18H26N4O4S2. The highest BCUT2D eigenvalue weighted by Crippen LogP contribution is 2.21. The van der Waals surface area contributed by atoms with Crippen LogP contribution in [0.4, 0.5) is 5.13 Å². The Bertz CT molecular complexity index is 897. The second-order valence-electron chi connectivity index (χ2n) is 6.28. The highest BCUT2D eigenvalue weighted by atomic mass is 32.2. The molecule has 1 aromatic carbocycles. The van der Waals surface area contributed by atoms with Crippen LogP contribution < -0.4 is 10.0 Å². The van der Waals surface area contributed by atoms with E-state index in [4.69, 9.17) is 4.74 Å². The number of hydrogen-bond acceptors (Lipinski definition) is 7. The van der Waals surface area contributed by atoms with Crippen LogP contribution in [0, 0.1) is 6.92 Å². The van der Waals surface area contributed by atoms with Gasteiger partial charge in [-0.25, -0.2) is 13.1 Å². The standard InChI is InChI=1S/C18H26N4O4S2/c1-4-5-6-7-16-21-22-18(27-16)20-17(23)15-12-14(9-8-13(15)2)28(24,25)19-10-11-26-3/h8-9,12,19H,4-7,10-11H2,1-3H3,(H,20,22,23). The number of rotatable bonds is 11. The van der Waals surface area contributed by atoms with Gasteiger partial charge in [0, 0.05) is 25.6 Å². The van der Waals surface area contributed by atoms with Gasteiger partial charge in [-0.1, -0.05) is 37.2 Å². The summed E-state index contributed by atoms with van der Waals surface area (Å²) in [5.74, 6) is -0.414. The number of anilines is 1. The van der Waals surface area contributed by atoms with E-state index in [9.17, 15) is 13.2 Å². The van der Waals surface area contributed by atoms with E-state index < -0.39 is 15.9 Å². The summed E-state index contributed by atoms with van der Waals surface area (Å²) in [6.07, 6.45) is 4.12. The molecule has 0 fully saturated rings. The van der Waals surface area contributed by atoms with Crippen LogP contribution in [0.5, 0.6) is 0 Å². The van der Waals surface area contributed by atoms with Gasteiger partial charge in [0.05, 0.1) is 11.5 Å². The van der Waals surface area contributed by atoms with Crippen molar-refractivity contribution in [3.05, 3.63) is 34.3 Å². The van der Waals surface area contributed by atoms with Gasteiger partial charge in [-0.15, -0.1) is 10.2 Å². The van der Waals surface area contributed by atoms with Gasteiger partial charge >= 0.3 is 0 Å². The lowest BCUT2D eigenvalue weighted by molar-refractivity contribution is 0.102. The molecule has 2 rings (SSSR count). The molecule has 28 heavy (non-hydrogen) atoms. The van der Waals surface area contributed by atoms with Crippen molar-refractivity contribution in [1.82, 2.24) is 14.9 Å². The maximum atomic E-state index is 12.6. The molecule has 1 amide bonds. The number of ether oxygens (including phenoxy) is 1. The fourth-order valence-electron chi connectivity index (χ4n) is 2.47. The second-order valence-corrected chi connectivity index (χ2v) is 9.11. The number of methoxy groups -OCH3 is 1. The van der Waals surface area contributed by atoms with Crippen LogP contribution in [-0.4, -0.2) is 44.8 Å². The number of unbranched alkanes of at least 4 members (excludes halogenated alkanes) is 2. The average molecular weight is 427 g/mol. The summed E-state index contributed by atoms with van der Waals surface area (Å²) < 4.78 is 32.0. The Balaban J connectivity index is 2.11. The summed E-state index contributed by atoms with van der Waals surface area (Å²) in [6.45, 7) is 4.30. The van der Waals surface area contributed by atoms with Crippen molar-refractivity contribution >= 4 is 32.4 Å². The van der Waals surface area contributed by atoms with Crippen molar-refractivity contribution < 1.29 is 17.9 Å². The lowest BCUT2D eigenvalue weighted by Crippen LogP contribution is -2.27. The molecule has 154 valence electrons. The molecule has 0 aliphatic carbocycles. The molecule has 0 bridgehead atoms. The van der Waals surface area contributed by atoms with Crippen LogP contribution in [0.2, 0.25) is 0 Å². The van der Waals surface area contributed by atoms with Gasteiger partial charge in [-0.05, 0) is 31.0 Å². The highest BCUT2D eigenvalue weighted by Gasteiger charge is 2.18. The van der Waals surface area contributed by atoms with Crippen molar-refractivity contribution in [1.29, 1.82) is 0 Å². The zero-order valence-electron chi connectivity index (χ0n) is 16.3. The molecule has 1 heterocycles. The van der Waals surface area contributed by atoms with E-state index >= 15 is 0 Å². The van der Waals surface area contributed by atoms with Gasteiger partial charge in [0.15, 0.2) is 0 Å². The first-order chi connectivity index (χ1) is 13.4. The van der Waals surface area contributed by atoms with Crippen molar-refractivity contribution in [3.8, 4) is 0 Å². The largest absolute Gasteiger partial charge is 0.383 e. The molecule has 2 N–H and O–H groups in total. The number of sulfonamides is 1. The summed E-state index contributed by atoms with van der Waals surface area (Å²) in [6, 6.07) is 4.44.